The van der Waals surface area contributed by atoms with Gasteiger partial charge in [0.15, 0.2) is 5.78 Å². The molecule has 1 aromatic rings. The Hall–Kier alpha value is -1.55. The minimum atomic E-state index is -1.09. The third-order valence-corrected chi connectivity index (χ3v) is 2.61. The highest BCUT2D eigenvalue weighted by atomic mass is 35.5. The van der Waals surface area contributed by atoms with E-state index >= 15 is 0 Å². The molecule has 6 heteroatoms. The summed E-state index contributed by atoms with van der Waals surface area (Å²) in [6.07, 6.45) is -0.641. The summed E-state index contributed by atoms with van der Waals surface area (Å²) in [6, 6.07) is 5.12. The van der Waals surface area contributed by atoms with Crippen LogP contribution in [0.4, 0.5) is 0 Å². The molecule has 0 amide bonds. The number of azide groups is 1. The van der Waals surface area contributed by atoms with Crippen LogP contribution in [-0.2, 0) is 0 Å². The van der Waals surface area contributed by atoms with E-state index in [0.29, 0.717) is 17.0 Å². The van der Waals surface area contributed by atoms with Gasteiger partial charge < -0.3 is 5.11 Å². The van der Waals surface area contributed by atoms with Crippen molar-refractivity contribution in [2.45, 2.75) is 25.5 Å². The molecule has 5 nitrogen and oxygen atoms in total. The number of rotatable bonds is 5. The van der Waals surface area contributed by atoms with Gasteiger partial charge in [-0.1, -0.05) is 23.6 Å². The van der Waals surface area contributed by atoms with Gasteiger partial charge in [-0.3, -0.25) is 4.79 Å². The number of hydrogen-bond acceptors (Lipinski definition) is 3. The summed E-state index contributed by atoms with van der Waals surface area (Å²) in [5.74, 6) is -0.409. The summed E-state index contributed by atoms with van der Waals surface area (Å²) in [7, 11) is 0. The van der Waals surface area contributed by atoms with Gasteiger partial charge in [-0.2, -0.15) is 0 Å². The molecule has 0 aliphatic heterocycles. The van der Waals surface area contributed by atoms with Crippen LogP contribution in [0, 0.1) is 0 Å². The van der Waals surface area contributed by atoms with Crippen LogP contribution in [0.15, 0.2) is 29.4 Å². The third kappa shape index (κ3) is 3.46. The zero-order valence-corrected chi connectivity index (χ0v) is 10.0. The molecule has 0 aliphatic carbocycles. The van der Waals surface area contributed by atoms with Crippen molar-refractivity contribution in [3.05, 3.63) is 45.3 Å². The van der Waals surface area contributed by atoms with E-state index in [1.807, 2.05) is 0 Å². The Morgan fingerprint density at radius 1 is 1.53 bits per heavy atom. The number of Topliss-reactive ketones (excluding diaryl/α,β-unsaturated/α-hetero) is 1. The average molecular weight is 254 g/mol. The van der Waals surface area contributed by atoms with E-state index in [9.17, 15) is 9.90 Å². The first kappa shape index (κ1) is 13.5. The van der Waals surface area contributed by atoms with E-state index in [4.69, 9.17) is 17.1 Å². The van der Waals surface area contributed by atoms with Crippen LogP contribution < -0.4 is 0 Å². The van der Waals surface area contributed by atoms with Gasteiger partial charge in [-0.05, 0) is 36.2 Å². The second kappa shape index (κ2) is 6.25. The normalized spacial score (nSPS) is 13.6. The number of hydrogen-bond donors (Lipinski definition) is 1. The maximum Gasteiger partial charge on any atom is 0.174 e. The number of ketones is 1. The van der Waals surface area contributed by atoms with Crippen molar-refractivity contribution in [3.63, 3.8) is 0 Å². The molecule has 1 aromatic carbocycles. The van der Waals surface area contributed by atoms with E-state index in [0.717, 1.165) is 0 Å². The number of nitrogens with zero attached hydrogens (tertiary/aromatic N) is 3. The first-order valence-electron chi connectivity index (χ1n) is 5.12. The Morgan fingerprint density at radius 3 is 2.59 bits per heavy atom. The van der Waals surface area contributed by atoms with Crippen LogP contribution in [0.5, 0.6) is 0 Å². The topological polar surface area (TPSA) is 86.1 Å². The van der Waals surface area contributed by atoms with Crippen LogP contribution in [0.3, 0.4) is 0 Å². The summed E-state index contributed by atoms with van der Waals surface area (Å²) in [4.78, 5) is 14.6. The molecule has 1 N–H and O–H groups in total. The van der Waals surface area contributed by atoms with Crippen molar-refractivity contribution in [1.29, 1.82) is 0 Å². The fraction of sp³-hybridized carbons (Fsp3) is 0.364. The standard InChI is InChI=1S/C11H12ClN3O2/c1-2-9(16)10(14-15-13)11(17)7-3-5-8(12)6-4-7/h3-6,9-10,16H,2H2,1H3/t9-,10-/m1/s1. The number of carbonyl (C=O) groups is 1. The zero-order valence-electron chi connectivity index (χ0n) is 9.25. The second-order valence-corrected chi connectivity index (χ2v) is 3.93. The SMILES string of the molecule is CC[C@@H](O)[C@@H](N=[N+]=[N-])C(=O)c1ccc(Cl)cc1. The summed E-state index contributed by atoms with van der Waals surface area (Å²) in [6.45, 7) is 1.71. The lowest BCUT2D eigenvalue weighted by atomic mass is 9.99. The van der Waals surface area contributed by atoms with Gasteiger partial charge in [0.2, 0.25) is 0 Å². The number of halogens is 1. The fourth-order valence-electron chi connectivity index (χ4n) is 1.37. The molecule has 90 valence electrons. The van der Waals surface area contributed by atoms with Gasteiger partial charge in [0.25, 0.3) is 0 Å². The lowest BCUT2D eigenvalue weighted by Crippen LogP contribution is -2.31. The van der Waals surface area contributed by atoms with Gasteiger partial charge in [-0.25, -0.2) is 0 Å². The van der Waals surface area contributed by atoms with Gasteiger partial charge in [0, 0.05) is 15.5 Å². The maximum atomic E-state index is 12.0. The summed E-state index contributed by atoms with van der Waals surface area (Å²) < 4.78 is 0. The molecular weight excluding hydrogens is 242 g/mol. The highest BCUT2D eigenvalue weighted by Crippen LogP contribution is 2.15. The van der Waals surface area contributed by atoms with E-state index in [1.165, 1.54) is 12.1 Å². The van der Waals surface area contributed by atoms with Gasteiger partial charge in [-0.15, -0.1) is 0 Å². The van der Waals surface area contributed by atoms with Crippen molar-refractivity contribution in [3.8, 4) is 0 Å². The molecular formula is C11H12ClN3O2. The predicted octanol–water partition coefficient (Wildman–Crippen LogP) is 2.97. The molecule has 0 aliphatic rings. The van der Waals surface area contributed by atoms with Gasteiger partial charge in [0.05, 0.1) is 6.10 Å². The van der Waals surface area contributed by atoms with Gasteiger partial charge >= 0.3 is 0 Å². The first-order chi connectivity index (χ1) is 8.10. The first-order valence-corrected chi connectivity index (χ1v) is 5.50. The lowest BCUT2D eigenvalue weighted by molar-refractivity contribution is 0.0812. The molecule has 0 unspecified atom stereocenters. The van der Waals surface area contributed by atoms with E-state index in [1.54, 1.807) is 19.1 Å². The summed E-state index contributed by atoms with van der Waals surface area (Å²) in [5, 5.41) is 13.5. The van der Waals surface area contributed by atoms with Crippen molar-refractivity contribution in [2.75, 3.05) is 0 Å². The molecule has 1 rings (SSSR count). The van der Waals surface area contributed by atoms with Crippen molar-refractivity contribution >= 4 is 17.4 Å². The van der Waals surface area contributed by atoms with Crippen LogP contribution >= 0.6 is 11.6 Å². The van der Waals surface area contributed by atoms with Crippen molar-refractivity contribution in [2.24, 2.45) is 5.11 Å². The Morgan fingerprint density at radius 2 is 2.12 bits per heavy atom. The number of benzene rings is 1. The van der Waals surface area contributed by atoms with Crippen LogP contribution in [0.2, 0.25) is 5.02 Å². The van der Waals surface area contributed by atoms with Gasteiger partial charge in [0.1, 0.15) is 6.04 Å². The Kier molecular flexibility index (Phi) is 4.97. The molecule has 0 spiro atoms. The summed E-state index contributed by atoms with van der Waals surface area (Å²) in [5.41, 5.74) is 8.76. The Bertz CT molecular complexity index is 441. The highest BCUT2D eigenvalue weighted by molar-refractivity contribution is 6.30. The smallest absolute Gasteiger partial charge is 0.174 e. The molecule has 0 aromatic heterocycles. The number of aliphatic hydroxyl groups is 1. The van der Waals surface area contributed by atoms with Crippen LogP contribution in [0.1, 0.15) is 23.7 Å². The zero-order chi connectivity index (χ0) is 12.8. The maximum absolute atomic E-state index is 12.0. The molecule has 2 atom stereocenters. The van der Waals surface area contributed by atoms with Crippen LogP contribution in [-0.4, -0.2) is 23.0 Å². The Balaban J connectivity index is 2.99. The monoisotopic (exact) mass is 253 g/mol. The molecule has 0 bridgehead atoms. The molecule has 0 heterocycles. The lowest BCUT2D eigenvalue weighted by Gasteiger charge is -2.15. The number of aliphatic hydroxyl groups excluding tert-OH is 1. The molecule has 17 heavy (non-hydrogen) atoms. The predicted molar refractivity (Wildman–Crippen MR) is 65.0 cm³/mol. The molecule has 0 fully saturated rings. The van der Waals surface area contributed by atoms with E-state index in [2.05, 4.69) is 10.0 Å². The molecule has 0 saturated carbocycles. The van der Waals surface area contributed by atoms with Crippen molar-refractivity contribution < 1.29 is 9.90 Å². The van der Waals surface area contributed by atoms with E-state index < -0.39 is 17.9 Å². The Labute approximate surface area is 104 Å². The quantitative estimate of drug-likeness (QED) is 0.378. The fourth-order valence-corrected chi connectivity index (χ4v) is 1.49. The average Bonchev–Trinajstić information content (AvgIpc) is 2.35. The number of carbonyl (C=O) groups excluding carboxylic acids is 1. The van der Waals surface area contributed by atoms with Crippen LogP contribution in [0.25, 0.3) is 10.4 Å². The minimum Gasteiger partial charge on any atom is -0.392 e. The molecule has 0 saturated heterocycles. The minimum absolute atomic E-state index is 0.336. The largest absolute Gasteiger partial charge is 0.392 e. The third-order valence-electron chi connectivity index (χ3n) is 2.36. The van der Waals surface area contributed by atoms with Crippen molar-refractivity contribution in [1.82, 2.24) is 0 Å². The van der Waals surface area contributed by atoms with E-state index in [-0.39, 0.29) is 0 Å². The summed E-state index contributed by atoms with van der Waals surface area (Å²) >= 11 is 5.70. The highest BCUT2D eigenvalue weighted by Gasteiger charge is 2.25. The molecule has 0 radical (unpaired) electrons. The second-order valence-electron chi connectivity index (χ2n) is 3.50.